The van der Waals surface area contributed by atoms with Crippen LogP contribution >= 0.6 is 0 Å². The second kappa shape index (κ2) is 7.13. The minimum absolute atomic E-state index is 0.141. The van der Waals surface area contributed by atoms with Crippen LogP contribution in [0.5, 0.6) is 0 Å². The molecule has 0 atom stereocenters. The van der Waals surface area contributed by atoms with Crippen LogP contribution in [0.3, 0.4) is 0 Å². The van der Waals surface area contributed by atoms with E-state index in [1.807, 2.05) is 44.2 Å². The molecule has 0 aromatic carbocycles. The third-order valence-corrected chi connectivity index (χ3v) is 5.39. The lowest BCUT2D eigenvalue weighted by Gasteiger charge is -2.44. The van der Waals surface area contributed by atoms with Crippen molar-refractivity contribution >= 4 is 12.0 Å². The largest absolute Gasteiger partial charge is 0.444 e. The summed E-state index contributed by atoms with van der Waals surface area (Å²) in [5.74, 6) is 1.78. The van der Waals surface area contributed by atoms with Gasteiger partial charge in [0.15, 0.2) is 0 Å². The molecule has 1 N–H and O–H groups in total. The third-order valence-electron chi connectivity index (χ3n) is 5.39. The summed E-state index contributed by atoms with van der Waals surface area (Å²) in [4.78, 5) is 31.5. The van der Waals surface area contributed by atoms with Crippen molar-refractivity contribution in [2.45, 2.75) is 71.9 Å². The Hall–Kier alpha value is -2.12. The molecule has 0 unspecified atom stereocenters. The number of nitrogens with zero attached hydrogens (tertiary/aromatic N) is 4. The number of alkyl carbamates (subject to hydrolysis) is 1. The molecule has 2 amide bonds. The Morgan fingerprint density at radius 3 is 2.37 bits per heavy atom. The fraction of sp³-hybridized carbons (Fsp3) is 0.789. The highest BCUT2D eigenvalue weighted by Crippen LogP contribution is 2.41. The van der Waals surface area contributed by atoms with Gasteiger partial charge in [0, 0.05) is 19.6 Å². The predicted molar refractivity (Wildman–Crippen MR) is 100 cm³/mol. The first-order chi connectivity index (χ1) is 12.6. The Bertz CT molecular complexity index is 709. The Kier molecular flexibility index (Phi) is 5.18. The maximum atomic E-state index is 13.2. The van der Waals surface area contributed by atoms with E-state index in [2.05, 4.69) is 15.4 Å². The van der Waals surface area contributed by atoms with E-state index in [1.165, 1.54) is 0 Å². The van der Waals surface area contributed by atoms with Gasteiger partial charge in [-0.15, -0.1) is 0 Å². The molecule has 1 saturated heterocycles. The first-order valence-electron chi connectivity index (χ1n) is 9.76. The van der Waals surface area contributed by atoms with Crippen molar-refractivity contribution < 1.29 is 14.3 Å². The van der Waals surface area contributed by atoms with E-state index in [9.17, 15) is 9.59 Å². The fourth-order valence-electron chi connectivity index (χ4n) is 4.07. The molecule has 2 fully saturated rings. The first kappa shape index (κ1) is 19.6. The van der Waals surface area contributed by atoms with Gasteiger partial charge in [0.1, 0.15) is 17.2 Å². The molecule has 1 aliphatic carbocycles. The molecule has 3 rings (SSSR count). The van der Waals surface area contributed by atoms with Gasteiger partial charge >= 0.3 is 6.09 Å². The van der Waals surface area contributed by atoms with Gasteiger partial charge in [-0.05, 0) is 47.5 Å². The second-order valence-corrected chi connectivity index (χ2v) is 8.86. The minimum Gasteiger partial charge on any atom is -0.444 e. The van der Waals surface area contributed by atoms with Crippen LogP contribution in [0, 0.1) is 19.3 Å². The Morgan fingerprint density at radius 1 is 1.22 bits per heavy atom. The molecule has 2 heterocycles. The molecule has 27 heavy (non-hydrogen) atoms. The van der Waals surface area contributed by atoms with Crippen LogP contribution in [0.25, 0.3) is 0 Å². The molecule has 1 aliphatic heterocycles. The molecule has 0 spiro atoms. The predicted octanol–water partition coefficient (Wildman–Crippen LogP) is 2.36. The zero-order valence-electron chi connectivity index (χ0n) is 17.0. The summed E-state index contributed by atoms with van der Waals surface area (Å²) in [6, 6.07) is 0.187. The van der Waals surface area contributed by atoms with Gasteiger partial charge in [0.05, 0.1) is 11.5 Å². The summed E-state index contributed by atoms with van der Waals surface area (Å²) in [5, 5.41) is 7.25. The van der Waals surface area contributed by atoms with Gasteiger partial charge in [-0.25, -0.2) is 14.5 Å². The van der Waals surface area contributed by atoms with Crippen LogP contribution in [0.15, 0.2) is 0 Å². The maximum Gasteiger partial charge on any atom is 0.407 e. The van der Waals surface area contributed by atoms with Crippen LogP contribution in [-0.2, 0) is 9.53 Å². The molecule has 1 saturated carbocycles. The smallest absolute Gasteiger partial charge is 0.407 e. The summed E-state index contributed by atoms with van der Waals surface area (Å²) in [6.45, 7) is 10.9. The van der Waals surface area contributed by atoms with Gasteiger partial charge in [-0.3, -0.25) is 4.79 Å². The number of aromatic nitrogens is 3. The maximum absolute atomic E-state index is 13.2. The van der Waals surface area contributed by atoms with Crippen molar-refractivity contribution in [1.82, 2.24) is 25.0 Å². The normalized spacial score (nSPS) is 19.7. The number of hydrogen-bond donors (Lipinski definition) is 1. The number of hydrogen-bond acceptors (Lipinski definition) is 5. The monoisotopic (exact) mass is 377 g/mol. The number of ether oxygens (including phenoxy) is 1. The van der Waals surface area contributed by atoms with Gasteiger partial charge < -0.3 is 15.0 Å². The van der Waals surface area contributed by atoms with E-state index in [1.54, 1.807) is 0 Å². The summed E-state index contributed by atoms with van der Waals surface area (Å²) in [7, 11) is 0. The highest BCUT2D eigenvalue weighted by atomic mass is 16.6. The quantitative estimate of drug-likeness (QED) is 0.870. The SMILES string of the molecule is Cc1nc(C)n(C2CN(C(=O)C3(CNC(=O)OC(C)(C)C)CCCC3)C2)n1. The van der Waals surface area contributed by atoms with E-state index in [0.29, 0.717) is 19.6 Å². The molecule has 1 aromatic rings. The molecule has 150 valence electrons. The van der Waals surface area contributed by atoms with Gasteiger partial charge in [-0.2, -0.15) is 5.10 Å². The average Bonchev–Trinajstić information content (AvgIpc) is 3.10. The number of aryl methyl sites for hydroxylation is 2. The molecule has 0 radical (unpaired) electrons. The van der Waals surface area contributed by atoms with Crippen molar-refractivity contribution in [3.63, 3.8) is 0 Å². The lowest BCUT2D eigenvalue weighted by molar-refractivity contribution is -0.148. The average molecular weight is 377 g/mol. The first-order valence-corrected chi connectivity index (χ1v) is 9.76. The number of nitrogens with one attached hydrogen (secondary N) is 1. The highest BCUT2D eigenvalue weighted by molar-refractivity contribution is 5.84. The molecular formula is C19H31N5O3. The minimum atomic E-state index is -0.546. The molecular weight excluding hydrogens is 346 g/mol. The molecule has 8 heteroatoms. The molecule has 1 aromatic heterocycles. The van der Waals surface area contributed by atoms with Crippen LogP contribution < -0.4 is 5.32 Å². The van der Waals surface area contributed by atoms with Crippen molar-refractivity contribution in [3.05, 3.63) is 11.6 Å². The number of likely N-dealkylation sites (tertiary alicyclic amines) is 1. The summed E-state index contributed by atoms with van der Waals surface area (Å²) < 4.78 is 7.24. The Labute approximate surface area is 160 Å². The standard InChI is InChI=1S/C19H31N5O3/c1-13-21-14(2)24(22-13)15-10-23(11-15)16(25)19(8-6-7-9-19)12-20-17(26)27-18(3,4)5/h15H,6-12H2,1-5H3,(H,20,26). The van der Waals surface area contributed by atoms with E-state index in [-0.39, 0.29) is 11.9 Å². The van der Waals surface area contributed by atoms with Gasteiger partial charge in [0.2, 0.25) is 5.91 Å². The van der Waals surface area contributed by atoms with E-state index in [4.69, 9.17) is 4.74 Å². The van der Waals surface area contributed by atoms with Crippen molar-refractivity contribution in [1.29, 1.82) is 0 Å². The number of carbonyl (C=O) groups is 2. The number of carbonyl (C=O) groups excluding carboxylic acids is 2. The highest BCUT2D eigenvalue weighted by Gasteiger charge is 2.47. The van der Waals surface area contributed by atoms with Crippen LogP contribution in [0.2, 0.25) is 0 Å². The van der Waals surface area contributed by atoms with Crippen molar-refractivity contribution in [2.75, 3.05) is 19.6 Å². The molecule has 0 bridgehead atoms. The topological polar surface area (TPSA) is 89.4 Å². The summed E-state index contributed by atoms with van der Waals surface area (Å²) in [5.41, 5.74) is -1.05. The van der Waals surface area contributed by atoms with Crippen molar-refractivity contribution in [3.8, 4) is 0 Å². The lowest BCUT2D eigenvalue weighted by atomic mass is 9.83. The second-order valence-electron chi connectivity index (χ2n) is 8.86. The Balaban J connectivity index is 1.59. The zero-order valence-corrected chi connectivity index (χ0v) is 17.0. The third kappa shape index (κ3) is 4.25. The van der Waals surface area contributed by atoms with Crippen LogP contribution in [0.1, 0.15) is 64.1 Å². The molecule has 8 nitrogen and oxygen atoms in total. The number of rotatable bonds is 4. The van der Waals surface area contributed by atoms with E-state index >= 15 is 0 Å². The Morgan fingerprint density at radius 2 is 1.85 bits per heavy atom. The van der Waals surface area contributed by atoms with Crippen molar-refractivity contribution in [2.24, 2.45) is 5.41 Å². The van der Waals surface area contributed by atoms with Crippen LogP contribution in [-0.4, -0.2) is 56.9 Å². The van der Waals surface area contributed by atoms with Crippen LogP contribution in [0.4, 0.5) is 4.79 Å². The summed E-state index contributed by atoms with van der Waals surface area (Å²) >= 11 is 0. The molecule has 2 aliphatic rings. The van der Waals surface area contributed by atoms with E-state index < -0.39 is 17.1 Å². The number of amides is 2. The van der Waals surface area contributed by atoms with Gasteiger partial charge in [0.25, 0.3) is 0 Å². The fourth-order valence-corrected chi connectivity index (χ4v) is 4.07. The summed E-state index contributed by atoms with van der Waals surface area (Å²) in [6.07, 6.45) is 3.19. The van der Waals surface area contributed by atoms with Gasteiger partial charge in [-0.1, -0.05) is 12.8 Å². The zero-order chi connectivity index (χ0) is 19.8. The van der Waals surface area contributed by atoms with E-state index in [0.717, 1.165) is 37.3 Å². The lowest BCUT2D eigenvalue weighted by Crippen LogP contribution is -2.57.